The van der Waals surface area contributed by atoms with E-state index in [1.54, 1.807) is 0 Å². The van der Waals surface area contributed by atoms with Gasteiger partial charge in [-0.05, 0) is 84.5 Å². The molecule has 5 heteroatoms. The lowest BCUT2D eigenvalue weighted by Crippen LogP contribution is -2.60. The Morgan fingerprint density at radius 3 is 2.14 bits per heavy atom. The molecule has 3 aliphatic heterocycles. The monoisotopic (exact) mass is 657 g/mol. The van der Waals surface area contributed by atoms with Crippen molar-refractivity contribution in [2.24, 2.45) is 0 Å². The molecular weight excluding hydrogens is 627 g/mol. The fraction of sp³-hybridized carbons (Fsp3) is 0.174. The second kappa shape index (κ2) is 8.16. The summed E-state index contributed by atoms with van der Waals surface area (Å²) >= 11 is 0. The van der Waals surface area contributed by atoms with Crippen LogP contribution in [0.3, 0.4) is 0 Å². The number of rotatable bonds is 0. The summed E-state index contributed by atoms with van der Waals surface area (Å²) in [5.41, 5.74) is 16.5. The second-order valence-electron chi connectivity index (χ2n) is 15.6. The number of nitrogens with zero attached hydrogens (tertiary/aromatic N) is 3. The summed E-state index contributed by atoms with van der Waals surface area (Å²) in [6.07, 6.45) is 0. The summed E-state index contributed by atoms with van der Waals surface area (Å²) in [6, 6.07) is 39.1. The molecule has 3 aliphatic carbocycles. The molecule has 2 aromatic heterocycles. The Morgan fingerprint density at radius 1 is 0.667 bits per heavy atom. The molecule has 0 N–H and O–H groups in total. The summed E-state index contributed by atoms with van der Waals surface area (Å²) in [6.45, 7) is 9.50. The van der Waals surface area contributed by atoms with Gasteiger partial charge < -0.3 is 14.1 Å². The Morgan fingerprint density at radius 2 is 1.33 bits per heavy atom. The van der Waals surface area contributed by atoms with E-state index in [4.69, 9.17) is 19.1 Å². The van der Waals surface area contributed by atoms with E-state index >= 15 is 0 Å². The van der Waals surface area contributed by atoms with Gasteiger partial charge in [0.15, 0.2) is 11.4 Å². The van der Waals surface area contributed by atoms with E-state index in [1.807, 2.05) is 0 Å². The Balaban J connectivity index is 1.30. The van der Waals surface area contributed by atoms with Crippen LogP contribution < -0.4 is 9.64 Å². The fourth-order valence-corrected chi connectivity index (χ4v) is 11.6. The third-order valence-corrected chi connectivity index (χ3v) is 13.3. The summed E-state index contributed by atoms with van der Waals surface area (Å²) in [5, 5.41) is 1.15. The normalized spacial score (nSPS) is 26.4. The third kappa shape index (κ3) is 2.63. The summed E-state index contributed by atoms with van der Waals surface area (Å²) in [4.78, 5) is 13.7. The zero-order valence-electron chi connectivity index (χ0n) is 28.6. The lowest BCUT2D eigenvalue weighted by Gasteiger charge is -2.58. The molecule has 0 amide bonds. The summed E-state index contributed by atoms with van der Waals surface area (Å²) in [7, 11) is 0. The molecule has 242 valence electrons. The highest BCUT2D eigenvalue weighted by Crippen LogP contribution is 2.75. The van der Waals surface area contributed by atoms with Gasteiger partial charge in [0.25, 0.3) is 0 Å². The van der Waals surface area contributed by atoms with Crippen molar-refractivity contribution in [1.29, 1.82) is 0 Å². The number of furan rings is 1. The average Bonchev–Trinajstić information content (AvgIpc) is 3.77. The van der Waals surface area contributed by atoms with Crippen molar-refractivity contribution >= 4 is 44.7 Å². The van der Waals surface area contributed by atoms with E-state index in [-0.39, 0.29) is 5.92 Å². The van der Waals surface area contributed by atoms with Crippen LogP contribution in [-0.2, 0) is 5.41 Å². The molecule has 0 saturated carbocycles. The maximum Gasteiger partial charge on any atom is 0.158 e. The molecule has 5 heterocycles. The number of fused-ring (bicyclic) bond motifs is 13. The molecule has 0 spiro atoms. The van der Waals surface area contributed by atoms with Gasteiger partial charge in [-0.25, -0.2) is 9.97 Å². The molecule has 6 aliphatic rings. The van der Waals surface area contributed by atoms with Gasteiger partial charge in [-0.2, -0.15) is 0 Å². The first-order chi connectivity index (χ1) is 24.8. The molecule has 4 unspecified atom stereocenters. The lowest BCUT2D eigenvalue weighted by molar-refractivity contribution is 0.187. The van der Waals surface area contributed by atoms with Gasteiger partial charge in [0.1, 0.15) is 22.8 Å². The number of hydrogen-bond acceptors (Lipinski definition) is 5. The Hall–Kier alpha value is -5.94. The van der Waals surface area contributed by atoms with Gasteiger partial charge in [-0.3, -0.25) is 0 Å². The second-order valence-corrected chi connectivity index (χ2v) is 15.6. The van der Waals surface area contributed by atoms with Crippen LogP contribution >= 0.6 is 0 Å². The van der Waals surface area contributed by atoms with Crippen molar-refractivity contribution in [3.63, 3.8) is 0 Å². The van der Waals surface area contributed by atoms with E-state index in [0.717, 1.165) is 50.7 Å². The molecule has 13 rings (SSSR count). The molecule has 0 saturated heterocycles. The fourth-order valence-electron chi connectivity index (χ4n) is 11.6. The minimum Gasteiger partial charge on any atom is -0.478 e. The van der Waals surface area contributed by atoms with Crippen molar-refractivity contribution in [1.82, 2.24) is 9.97 Å². The number of anilines is 2. The Labute approximate surface area is 294 Å². The molecule has 0 radical (unpaired) electrons. The quantitative estimate of drug-likeness (QED) is 0.152. The van der Waals surface area contributed by atoms with Crippen LogP contribution in [0.15, 0.2) is 125 Å². The first-order valence-electron chi connectivity index (χ1n) is 18.0. The summed E-state index contributed by atoms with van der Waals surface area (Å²) < 4.78 is 14.6. The van der Waals surface area contributed by atoms with Crippen LogP contribution in [-0.4, -0.2) is 21.1 Å². The van der Waals surface area contributed by atoms with Crippen molar-refractivity contribution < 1.29 is 9.15 Å². The number of para-hydroxylation sites is 3. The van der Waals surface area contributed by atoms with Crippen LogP contribution in [0, 0.1) is 0 Å². The highest BCUT2D eigenvalue weighted by atomic mass is 16.5. The minimum atomic E-state index is -0.742. The highest BCUT2D eigenvalue weighted by Gasteiger charge is 2.70. The topological polar surface area (TPSA) is 51.4 Å². The van der Waals surface area contributed by atoms with Gasteiger partial charge in [0.05, 0.1) is 27.7 Å². The van der Waals surface area contributed by atoms with Crippen LogP contribution in [0.4, 0.5) is 11.5 Å². The maximum absolute atomic E-state index is 7.50. The Bertz CT molecular complexity index is 2930. The number of ether oxygens (including phenoxy) is 1. The van der Waals surface area contributed by atoms with E-state index < -0.39 is 16.6 Å². The molecule has 7 aromatic rings. The predicted molar refractivity (Wildman–Crippen MR) is 201 cm³/mol. The van der Waals surface area contributed by atoms with E-state index in [9.17, 15) is 0 Å². The summed E-state index contributed by atoms with van der Waals surface area (Å²) in [5.74, 6) is 2.81. The van der Waals surface area contributed by atoms with Crippen molar-refractivity contribution in [2.75, 3.05) is 4.90 Å². The van der Waals surface area contributed by atoms with Crippen molar-refractivity contribution in [3.05, 3.63) is 148 Å². The highest BCUT2D eigenvalue weighted by molar-refractivity contribution is 6.20. The zero-order valence-corrected chi connectivity index (χ0v) is 28.6. The molecule has 0 fully saturated rings. The van der Waals surface area contributed by atoms with Crippen LogP contribution in [0.2, 0.25) is 0 Å². The Kier molecular flexibility index (Phi) is 4.30. The zero-order chi connectivity index (χ0) is 33.8. The smallest absolute Gasteiger partial charge is 0.158 e. The number of hydrogen-bond donors (Lipinski definition) is 0. The standard InChI is InChI=1S/C46H31N3O2/c1-23-34-28-15-7-10-21-32(28)50-42(34)44(2)40-37(23)46(4)39-36-27(17-12-22-33(36)51-46)25-14-6-5-13-24(25)26-16-11-20-31-35(26)38(39)45(40,3)49(31)43-41(44)47-29-18-8-9-19-30(29)48-43/h5-23H,1-4H3. The SMILES string of the molecule is CC1C2=C3C(C)(c4nc5ccccc5nc4N4c5cccc6c5C(=C5c7c(cccc7-c7ccccc7-6)OC52C)C34C)c2oc3ccccc3c21. The van der Waals surface area contributed by atoms with Crippen LogP contribution in [0.25, 0.3) is 55.4 Å². The molecule has 5 nitrogen and oxygen atoms in total. The van der Waals surface area contributed by atoms with Gasteiger partial charge >= 0.3 is 0 Å². The molecule has 0 bridgehead atoms. The first kappa shape index (κ1) is 26.9. The number of benzene rings is 5. The van der Waals surface area contributed by atoms with Crippen LogP contribution in [0.5, 0.6) is 5.75 Å². The van der Waals surface area contributed by atoms with Gasteiger partial charge in [0.2, 0.25) is 0 Å². The van der Waals surface area contributed by atoms with Crippen molar-refractivity contribution in [3.8, 4) is 28.0 Å². The van der Waals surface area contributed by atoms with E-state index in [2.05, 4.69) is 142 Å². The average molecular weight is 658 g/mol. The molecular formula is C46H31N3O2. The molecule has 51 heavy (non-hydrogen) atoms. The van der Waals surface area contributed by atoms with Gasteiger partial charge in [-0.1, -0.05) is 85.8 Å². The van der Waals surface area contributed by atoms with Crippen LogP contribution in [0.1, 0.15) is 61.8 Å². The maximum atomic E-state index is 7.50. The number of aromatic nitrogens is 2. The first-order valence-corrected chi connectivity index (χ1v) is 18.0. The van der Waals surface area contributed by atoms with E-state index in [0.29, 0.717) is 0 Å². The van der Waals surface area contributed by atoms with Gasteiger partial charge in [-0.15, -0.1) is 0 Å². The van der Waals surface area contributed by atoms with Gasteiger partial charge in [0, 0.05) is 39.1 Å². The largest absolute Gasteiger partial charge is 0.478 e. The third-order valence-electron chi connectivity index (χ3n) is 13.3. The molecule has 4 atom stereocenters. The van der Waals surface area contributed by atoms with E-state index in [1.165, 1.54) is 61.2 Å². The predicted octanol–water partition coefficient (Wildman–Crippen LogP) is 10.7. The minimum absolute atomic E-state index is 0.0121. The van der Waals surface area contributed by atoms with Crippen molar-refractivity contribution in [2.45, 2.75) is 50.2 Å². The lowest BCUT2D eigenvalue weighted by atomic mass is 9.50. The molecule has 5 aromatic carbocycles.